The first kappa shape index (κ1) is 16.0. The van der Waals surface area contributed by atoms with Crippen LogP contribution in [0.1, 0.15) is 11.1 Å². The van der Waals surface area contributed by atoms with Crippen LogP contribution in [0.3, 0.4) is 0 Å². The van der Waals surface area contributed by atoms with Crippen LogP contribution in [0, 0.1) is 13.8 Å². The molecule has 0 aliphatic carbocycles. The Labute approximate surface area is 141 Å². The van der Waals surface area contributed by atoms with Crippen LogP contribution in [0.4, 0.5) is 16.6 Å². The number of nitrogens with two attached hydrogens (primary N) is 1. The van der Waals surface area contributed by atoms with Gasteiger partial charge in [-0.3, -0.25) is 0 Å². The van der Waals surface area contributed by atoms with Gasteiger partial charge in [0.05, 0.1) is 5.69 Å². The lowest BCUT2D eigenvalue weighted by Gasteiger charge is -2.15. The molecule has 4 N–H and O–H groups in total. The summed E-state index contributed by atoms with van der Waals surface area (Å²) in [5.41, 5.74) is 10.1. The number of nitrogens with one attached hydrogen (secondary N) is 2. The van der Waals surface area contributed by atoms with Crippen molar-refractivity contribution in [2.24, 2.45) is 0 Å². The molecular formula is C17H22N6O. The summed E-state index contributed by atoms with van der Waals surface area (Å²) in [6.45, 7) is 6.81. The van der Waals surface area contributed by atoms with Crippen LogP contribution < -0.4 is 16.4 Å². The molecule has 3 rings (SSSR count). The first-order valence-electron chi connectivity index (χ1n) is 8.02. The Morgan fingerprint density at radius 3 is 2.92 bits per heavy atom. The number of aryl methyl sites for hydroxylation is 1. The van der Waals surface area contributed by atoms with Crippen LogP contribution in [-0.2, 0) is 0 Å². The fourth-order valence-corrected chi connectivity index (χ4v) is 2.77. The number of anilines is 2. The molecule has 1 fully saturated rings. The Balaban J connectivity index is 1.74. The highest BCUT2D eigenvalue weighted by Gasteiger charge is 2.18. The number of carbonyl (C=O) groups is 1. The van der Waals surface area contributed by atoms with Crippen LogP contribution >= 0.6 is 0 Å². The minimum atomic E-state index is -0.0184. The quantitative estimate of drug-likeness (QED) is 0.778. The molecular weight excluding hydrogens is 304 g/mol. The molecule has 1 aromatic carbocycles. The average molecular weight is 326 g/mol. The third-order valence-electron chi connectivity index (χ3n) is 4.26. The van der Waals surface area contributed by atoms with Crippen molar-refractivity contribution in [3.05, 3.63) is 35.4 Å². The smallest absolute Gasteiger partial charge is 0.317 e. The number of benzene rings is 1. The van der Waals surface area contributed by atoms with Gasteiger partial charge in [0.2, 0.25) is 5.95 Å². The number of hydrogen-bond donors (Lipinski definition) is 3. The van der Waals surface area contributed by atoms with Crippen molar-refractivity contribution in [3.63, 3.8) is 0 Å². The molecule has 0 unspecified atom stereocenters. The van der Waals surface area contributed by atoms with Crippen molar-refractivity contribution >= 4 is 17.8 Å². The first-order chi connectivity index (χ1) is 11.5. The van der Waals surface area contributed by atoms with Crippen molar-refractivity contribution in [1.82, 2.24) is 20.2 Å². The maximum Gasteiger partial charge on any atom is 0.317 e. The Hall–Kier alpha value is -2.83. The van der Waals surface area contributed by atoms with E-state index >= 15 is 0 Å². The van der Waals surface area contributed by atoms with E-state index in [9.17, 15) is 4.79 Å². The lowest BCUT2D eigenvalue weighted by atomic mass is 10.0. The van der Waals surface area contributed by atoms with Crippen molar-refractivity contribution in [3.8, 4) is 11.3 Å². The van der Waals surface area contributed by atoms with Gasteiger partial charge in [-0.25, -0.2) is 9.78 Å². The van der Waals surface area contributed by atoms with E-state index in [1.165, 1.54) is 11.1 Å². The number of rotatable bonds is 5. The summed E-state index contributed by atoms with van der Waals surface area (Å²) in [5.74, 6) is 0.896. The normalized spacial score (nSPS) is 13.9. The fourth-order valence-electron chi connectivity index (χ4n) is 2.77. The molecule has 0 atom stereocenters. The van der Waals surface area contributed by atoms with Gasteiger partial charge in [-0.2, -0.15) is 4.98 Å². The highest BCUT2D eigenvalue weighted by molar-refractivity contribution is 5.76. The maximum absolute atomic E-state index is 11.5. The Morgan fingerprint density at radius 2 is 2.17 bits per heavy atom. The highest BCUT2D eigenvalue weighted by atomic mass is 16.2. The molecule has 2 heterocycles. The predicted octanol–water partition coefficient (Wildman–Crippen LogP) is 1.78. The van der Waals surface area contributed by atoms with Gasteiger partial charge in [-0.05, 0) is 25.0 Å². The third kappa shape index (κ3) is 3.40. The predicted molar refractivity (Wildman–Crippen MR) is 94.8 cm³/mol. The molecule has 24 heavy (non-hydrogen) atoms. The molecule has 1 aromatic heterocycles. The van der Waals surface area contributed by atoms with E-state index in [-0.39, 0.29) is 12.0 Å². The van der Waals surface area contributed by atoms with Gasteiger partial charge in [0.15, 0.2) is 0 Å². The zero-order chi connectivity index (χ0) is 17.1. The second-order valence-electron chi connectivity index (χ2n) is 5.89. The molecule has 1 saturated heterocycles. The standard InChI is InChI=1S/C17H22N6O/c1-11-4-3-5-13(12(11)2)14-10-15(22-16(18)21-14)19-6-8-23-9-7-20-17(23)24/h3-5,10H,6-9H2,1-2H3,(H,20,24)(H3,18,19,21,22). The van der Waals surface area contributed by atoms with Crippen molar-refractivity contribution in [1.29, 1.82) is 0 Å². The summed E-state index contributed by atoms with van der Waals surface area (Å²) < 4.78 is 0. The number of carbonyl (C=O) groups excluding carboxylic acids is 1. The first-order valence-corrected chi connectivity index (χ1v) is 8.02. The Kier molecular flexibility index (Phi) is 4.50. The summed E-state index contributed by atoms with van der Waals surface area (Å²) >= 11 is 0. The van der Waals surface area contributed by atoms with Gasteiger partial charge in [-0.15, -0.1) is 0 Å². The van der Waals surface area contributed by atoms with Gasteiger partial charge in [0, 0.05) is 37.8 Å². The maximum atomic E-state index is 11.5. The molecule has 2 aromatic rings. The van der Waals surface area contributed by atoms with Gasteiger partial charge < -0.3 is 21.3 Å². The number of nitrogen functional groups attached to an aromatic ring is 1. The second-order valence-corrected chi connectivity index (χ2v) is 5.89. The molecule has 2 amide bonds. The highest BCUT2D eigenvalue weighted by Crippen LogP contribution is 2.25. The lowest BCUT2D eigenvalue weighted by molar-refractivity contribution is 0.219. The number of nitrogens with zero attached hydrogens (tertiary/aromatic N) is 3. The van der Waals surface area contributed by atoms with Gasteiger partial charge in [0.1, 0.15) is 5.82 Å². The molecule has 7 nitrogen and oxygen atoms in total. The van der Waals surface area contributed by atoms with Crippen LogP contribution in [0.5, 0.6) is 0 Å². The molecule has 1 aliphatic rings. The van der Waals surface area contributed by atoms with Crippen molar-refractivity contribution < 1.29 is 4.79 Å². The SMILES string of the molecule is Cc1cccc(-c2cc(NCCN3CCNC3=O)nc(N)n2)c1C. The molecule has 0 bridgehead atoms. The fraction of sp³-hybridized carbons (Fsp3) is 0.353. The average Bonchev–Trinajstić information content (AvgIpc) is 2.95. The zero-order valence-electron chi connectivity index (χ0n) is 14.0. The molecule has 0 spiro atoms. The van der Waals surface area contributed by atoms with E-state index in [2.05, 4.69) is 40.5 Å². The molecule has 7 heteroatoms. The number of aromatic nitrogens is 2. The number of amides is 2. The van der Waals surface area contributed by atoms with Crippen LogP contribution in [-0.4, -0.2) is 47.1 Å². The largest absolute Gasteiger partial charge is 0.368 e. The molecule has 0 saturated carbocycles. The minimum Gasteiger partial charge on any atom is -0.368 e. The van der Waals surface area contributed by atoms with Gasteiger partial charge in [-0.1, -0.05) is 18.2 Å². The lowest BCUT2D eigenvalue weighted by Crippen LogP contribution is -2.32. The van der Waals surface area contributed by atoms with Crippen molar-refractivity contribution in [2.45, 2.75) is 13.8 Å². The summed E-state index contributed by atoms with van der Waals surface area (Å²) in [5, 5.41) is 6.01. The van der Waals surface area contributed by atoms with E-state index in [0.717, 1.165) is 17.8 Å². The Morgan fingerprint density at radius 1 is 1.33 bits per heavy atom. The summed E-state index contributed by atoms with van der Waals surface area (Å²) in [6.07, 6.45) is 0. The monoisotopic (exact) mass is 326 g/mol. The van der Waals surface area contributed by atoms with E-state index in [0.29, 0.717) is 25.5 Å². The summed E-state index contributed by atoms with van der Waals surface area (Å²) in [4.78, 5) is 21.9. The van der Waals surface area contributed by atoms with Crippen molar-refractivity contribution in [2.75, 3.05) is 37.2 Å². The molecule has 126 valence electrons. The molecule has 1 aliphatic heterocycles. The van der Waals surface area contributed by atoms with E-state index in [1.54, 1.807) is 4.90 Å². The summed E-state index contributed by atoms with van der Waals surface area (Å²) in [7, 11) is 0. The van der Waals surface area contributed by atoms with Crippen LogP contribution in [0.25, 0.3) is 11.3 Å². The van der Waals surface area contributed by atoms with Gasteiger partial charge >= 0.3 is 6.03 Å². The molecule has 0 radical (unpaired) electrons. The van der Waals surface area contributed by atoms with E-state index in [1.807, 2.05) is 18.2 Å². The van der Waals surface area contributed by atoms with Crippen LogP contribution in [0.2, 0.25) is 0 Å². The van der Waals surface area contributed by atoms with Crippen LogP contribution in [0.15, 0.2) is 24.3 Å². The number of urea groups is 1. The summed E-state index contributed by atoms with van der Waals surface area (Å²) in [6, 6.07) is 7.98. The topological polar surface area (TPSA) is 96.2 Å². The second kappa shape index (κ2) is 6.74. The number of hydrogen-bond acceptors (Lipinski definition) is 5. The van der Waals surface area contributed by atoms with Gasteiger partial charge in [0.25, 0.3) is 0 Å². The Bertz CT molecular complexity index is 761. The zero-order valence-corrected chi connectivity index (χ0v) is 14.0. The van der Waals surface area contributed by atoms with E-state index in [4.69, 9.17) is 5.73 Å². The minimum absolute atomic E-state index is 0.0184. The third-order valence-corrected chi connectivity index (χ3v) is 4.26. The van der Waals surface area contributed by atoms with E-state index < -0.39 is 0 Å².